The number of halogens is 1. The normalized spacial score (nSPS) is 17.3. The highest BCUT2D eigenvalue weighted by Crippen LogP contribution is 2.30. The van der Waals surface area contributed by atoms with Crippen LogP contribution in [-0.2, 0) is 5.88 Å². The summed E-state index contributed by atoms with van der Waals surface area (Å²) in [6.07, 6.45) is 2.59. The van der Waals surface area contributed by atoms with E-state index in [2.05, 4.69) is 5.32 Å². The first kappa shape index (κ1) is 12.4. The molecule has 1 aliphatic rings. The summed E-state index contributed by atoms with van der Waals surface area (Å²) in [4.78, 5) is 11.8. The van der Waals surface area contributed by atoms with Crippen LogP contribution < -0.4 is 5.32 Å². The molecular weight excluding hydrogens is 238 g/mol. The van der Waals surface area contributed by atoms with Crippen molar-refractivity contribution in [2.45, 2.75) is 30.7 Å². The molecule has 0 aliphatic heterocycles. The van der Waals surface area contributed by atoms with E-state index in [9.17, 15) is 9.90 Å². The number of carbonyl (C=O) groups is 1. The Balaban J connectivity index is 1.90. The number of hydrogen-bond donors (Lipinski definition) is 2. The molecule has 0 heterocycles. The first-order valence-electron chi connectivity index (χ1n) is 5.78. The number of aliphatic hydroxyl groups is 1. The first-order valence-corrected chi connectivity index (χ1v) is 6.32. The van der Waals surface area contributed by atoms with Crippen LogP contribution >= 0.6 is 11.6 Å². The Morgan fingerprint density at radius 3 is 2.47 bits per heavy atom. The minimum atomic E-state index is -0.675. The molecule has 2 N–H and O–H groups in total. The molecule has 1 fully saturated rings. The second kappa shape index (κ2) is 5.07. The number of nitrogens with one attached hydrogen (secondary N) is 1. The van der Waals surface area contributed by atoms with Gasteiger partial charge >= 0.3 is 0 Å². The lowest BCUT2D eigenvalue weighted by atomic mass is 9.80. The van der Waals surface area contributed by atoms with Crippen molar-refractivity contribution in [3.05, 3.63) is 35.4 Å². The maximum atomic E-state index is 11.8. The summed E-state index contributed by atoms with van der Waals surface area (Å²) in [7, 11) is 0. The van der Waals surface area contributed by atoms with Gasteiger partial charge < -0.3 is 10.4 Å². The molecule has 2 rings (SSSR count). The van der Waals surface area contributed by atoms with Gasteiger partial charge in [-0.25, -0.2) is 0 Å². The molecule has 1 aromatic rings. The number of alkyl halides is 1. The van der Waals surface area contributed by atoms with Crippen molar-refractivity contribution in [2.75, 3.05) is 6.54 Å². The van der Waals surface area contributed by atoms with Gasteiger partial charge in [0, 0.05) is 18.0 Å². The summed E-state index contributed by atoms with van der Waals surface area (Å²) in [5.41, 5.74) is 0.911. The van der Waals surface area contributed by atoms with Crippen LogP contribution in [-0.4, -0.2) is 23.2 Å². The Morgan fingerprint density at radius 1 is 1.35 bits per heavy atom. The van der Waals surface area contributed by atoms with E-state index in [1.165, 1.54) is 0 Å². The highest BCUT2D eigenvalue weighted by atomic mass is 35.5. The Morgan fingerprint density at radius 2 is 2.00 bits per heavy atom. The fourth-order valence-electron chi connectivity index (χ4n) is 1.85. The summed E-state index contributed by atoms with van der Waals surface area (Å²) in [6.45, 7) is 0.336. The monoisotopic (exact) mass is 253 g/mol. The van der Waals surface area contributed by atoms with Gasteiger partial charge in [-0.2, -0.15) is 0 Å². The van der Waals surface area contributed by atoms with E-state index in [1.54, 1.807) is 12.1 Å². The van der Waals surface area contributed by atoms with E-state index in [0.29, 0.717) is 18.0 Å². The Bertz CT molecular complexity index is 398. The molecule has 1 amide bonds. The second-order valence-corrected chi connectivity index (χ2v) is 4.86. The number of benzene rings is 1. The van der Waals surface area contributed by atoms with Gasteiger partial charge in [0.15, 0.2) is 0 Å². The lowest BCUT2D eigenvalue weighted by Gasteiger charge is -2.36. The highest BCUT2D eigenvalue weighted by molar-refractivity contribution is 6.17. The van der Waals surface area contributed by atoms with Gasteiger partial charge in [0.1, 0.15) is 0 Å². The average molecular weight is 254 g/mol. The average Bonchev–Trinajstić information content (AvgIpc) is 2.33. The number of hydrogen-bond acceptors (Lipinski definition) is 2. The minimum Gasteiger partial charge on any atom is -0.388 e. The summed E-state index contributed by atoms with van der Waals surface area (Å²) in [5, 5.41) is 12.6. The quantitative estimate of drug-likeness (QED) is 0.807. The van der Waals surface area contributed by atoms with Crippen LogP contribution in [0.2, 0.25) is 0 Å². The summed E-state index contributed by atoms with van der Waals surface area (Å²) < 4.78 is 0. The summed E-state index contributed by atoms with van der Waals surface area (Å²) in [5.74, 6) is 0.299. The van der Waals surface area contributed by atoms with Crippen molar-refractivity contribution in [3.8, 4) is 0 Å². The molecule has 0 radical (unpaired) electrons. The SMILES string of the molecule is O=C(NCC1(O)CCC1)c1ccc(CCl)cc1. The maximum Gasteiger partial charge on any atom is 0.251 e. The van der Waals surface area contributed by atoms with Gasteiger partial charge in [0.25, 0.3) is 5.91 Å². The van der Waals surface area contributed by atoms with Crippen LogP contribution in [0.1, 0.15) is 35.2 Å². The Kier molecular flexibility index (Phi) is 3.69. The van der Waals surface area contributed by atoms with Crippen LogP contribution in [0, 0.1) is 0 Å². The van der Waals surface area contributed by atoms with Crippen LogP contribution in [0.15, 0.2) is 24.3 Å². The molecule has 4 heteroatoms. The van der Waals surface area contributed by atoms with E-state index in [4.69, 9.17) is 11.6 Å². The van der Waals surface area contributed by atoms with Crippen LogP contribution in [0.5, 0.6) is 0 Å². The molecule has 17 heavy (non-hydrogen) atoms. The van der Waals surface area contributed by atoms with Crippen molar-refractivity contribution in [1.82, 2.24) is 5.32 Å². The molecular formula is C13H16ClNO2. The van der Waals surface area contributed by atoms with Crippen molar-refractivity contribution in [1.29, 1.82) is 0 Å². The molecule has 0 aromatic heterocycles. The van der Waals surface area contributed by atoms with E-state index < -0.39 is 5.60 Å². The van der Waals surface area contributed by atoms with E-state index >= 15 is 0 Å². The highest BCUT2D eigenvalue weighted by Gasteiger charge is 2.34. The fraction of sp³-hybridized carbons (Fsp3) is 0.462. The third kappa shape index (κ3) is 2.99. The standard InChI is InChI=1S/C13H16ClNO2/c14-8-10-2-4-11(5-3-10)12(16)15-9-13(17)6-1-7-13/h2-5,17H,1,6-9H2,(H,15,16). The number of amides is 1. The van der Waals surface area contributed by atoms with Gasteiger partial charge in [-0.1, -0.05) is 12.1 Å². The molecule has 1 aliphatic carbocycles. The number of carbonyl (C=O) groups excluding carboxylic acids is 1. The smallest absolute Gasteiger partial charge is 0.251 e. The largest absolute Gasteiger partial charge is 0.388 e. The molecule has 0 unspecified atom stereocenters. The van der Waals surface area contributed by atoms with E-state index in [0.717, 1.165) is 24.8 Å². The van der Waals surface area contributed by atoms with Gasteiger partial charge in [0.2, 0.25) is 0 Å². The van der Waals surface area contributed by atoms with Crippen molar-refractivity contribution in [3.63, 3.8) is 0 Å². The minimum absolute atomic E-state index is 0.147. The first-order chi connectivity index (χ1) is 8.13. The fourth-order valence-corrected chi connectivity index (χ4v) is 2.03. The maximum absolute atomic E-state index is 11.8. The van der Waals surface area contributed by atoms with Gasteiger partial charge in [-0.3, -0.25) is 4.79 Å². The second-order valence-electron chi connectivity index (χ2n) is 4.59. The Labute approximate surface area is 106 Å². The molecule has 0 spiro atoms. The third-order valence-electron chi connectivity index (χ3n) is 3.23. The van der Waals surface area contributed by atoms with E-state index in [1.807, 2.05) is 12.1 Å². The lowest BCUT2D eigenvalue weighted by molar-refractivity contribution is -0.0300. The zero-order valence-corrected chi connectivity index (χ0v) is 10.3. The number of rotatable bonds is 4. The zero-order valence-electron chi connectivity index (χ0n) is 9.58. The predicted molar refractivity (Wildman–Crippen MR) is 67.1 cm³/mol. The van der Waals surface area contributed by atoms with Crippen molar-refractivity contribution in [2.24, 2.45) is 0 Å². The molecule has 3 nitrogen and oxygen atoms in total. The topological polar surface area (TPSA) is 49.3 Å². The Hall–Kier alpha value is -1.06. The van der Waals surface area contributed by atoms with Gasteiger partial charge in [0.05, 0.1) is 5.60 Å². The summed E-state index contributed by atoms with van der Waals surface area (Å²) >= 11 is 5.67. The summed E-state index contributed by atoms with van der Waals surface area (Å²) in [6, 6.07) is 7.16. The van der Waals surface area contributed by atoms with Crippen molar-refractivity contribution >= 4 is 17.5 Å². The molecule has 0 saturated heterocycles. The molecule has 0 atom stereocenters. The van der Waals surface area contributed by atoms with E-state index in [-0.39, 0.29) is 5.91 Å². The molecule has 1 saturated carbocycles. The van der Waals surface area contributed by atoms with Crippen LogP contribution in [0.25, 0.3) is 0 Å². The lowest BCUT2D eigenvalue weighted by Crippen LogP contribution is -2.47. The molecule has 0 bridgehead atoms. The zero-order chi connectivity index (χ0) is 12.3. The third-order valence-corrected chi connectivity index (χ3v) is 3.54. The van der Waals surface area contributed by atoms with Gasteiger partial charge in [-0.05, 0) is 37.0 Å². The van der Waals surface area contributed by atoms with Gasteiger partial charge in [-0.15, -0.1) is 11.6 Å². The van der Waals surface area contributed by atoms with Crippen LogP contribution in [0.3, 0.4) is 0 Å². The predicted octanol–water partition coefficient (Wildman–Crippen LogP) is 2.07. The van der Waals surface area contributed by atoms with Crippen LogP contribution in [0.4, 0.5) is 0 Å². The van der Waals surface area contributed by atoms with Crippen molar-refractivity contribution < 1.29 is 9.90 Å². The molecule has 1 aromatic carbocycles. The molecule has 92 valence electrons.